The second-order valence-electron chi connectivity index (χ2n) is 4.15. The molecule has 0 bridgehead atoms. The highest BCUT2D eigenvalue weighted by molar-refractivity contribution is 7.89. The molecule has 114 valence electrons. The van der Waals surface area contributed by atoms with Crippen LogP contribution in [0.25, 0.3) is 0 Å². The summed E-state index contributed by atoms with van der Waals surface area (Å²) < 4.78 is 26.5. The van der Waals surface area contributed by atoms with Gasteiger partial charge in [0.1, 0.15) is 4.90 Å². The summed E-state index contributed by atoms with van der Waals surface area (Å²) in [5.74, 6) is 0. The smallest absolute Gasteiger partial charge is 0.243 e. The van der Waals surface area contributed by atoms with Crippen LogP contribution in [-0.2, 0) is 10.0 Å². The van der Waals surface area contributed by atoms with Crippen LogP contribution in [0.2, 0.25) is 15.1 Å². The van der Waals surface area contributed by atoms with Crippen molar-refractivity contribution in [2.24, 2.45) is 0 Å². The lowest BCUT2D eigenvalue weighted by atomic mass is 10.4. The molecule has 0 saturated heterocycles. The van der Waals surface area contributed by atoms with Gasteiger partial charge in [0.25, 0.3) is 0 Å². The average molecular weight is 362 g/mol. The van der Waals surface area contributed by atoms with Crippen LogP contribution in [0.5, 0.6) is 0 Å². The van der Waals surface area contributed by atoms with E-state index < -0.39 is 16.1 Å². The molecule has 1 aromatic carbocycles. The molecule has 0 radical (unpaired) electrons. The standard InChI is InChI=1S/C11H15Cl3N2O3S/c1-7(17)6-15-2-3-16-20(18,19)11-9(13)4-8(12)5-10(11)14/h4-5,7,15-17H,2-3,6H2,1H3. The number of halogens is 3. The van der Waals surface area contributed by atoms with Crippen LogP contribution in [-0.4, -0.2) is 39.3 Å². The minimum absolute atomic E-state index is 0.0352. The fourth-order valence-electron chi connectivity index (χ4n) is 1.44. The lowest BCUT2D eigenvalue weighted by Crippen LogP contribution is -2.34. The predicted octanol–water partition coefficient (Wildman–Crippen LogP) is 1.90. The zero-order valence-corrected chi connectivity index (χ0v) is 13.7. The molecule has 5 nitrogen and oxygen atoms in total. The number of hydrogen-bond acceptors (Lipinski definition) is 4. The number of aliphatic hydroxyl groups is 1. The van der Waals surface area contributed by atoms with Crippen LogP contribution in [0.1, 0.15) is 6.92 Å². The monoisotopic (exact) mass is 360 g/mol. The van der Waals surface area contributed by atoms with Crippen molar-refractivity contribution >= 4 is 44.8 Å². The normalized spacial score (nSPS) is 13.4. The lowest BCUT2D eigenvalue weighted by molar-refractivity contribution is 0.192. The molecule has 3 N–H and O–H groups in total. The molecular formula is C11H15Cl3N2O3S. The first kappa shape index (κ1) is 18.0. The third-order valence-corrected chi connectivity index (χ3v) is 4.87. The lowest BCUT2D eigenvalue weighted by Gasteiger charge is -2.11. The van der Waals surface area contributed by atoms with Crippen LogP contribution in [0.3, 0.4) is 0 Å². The molecule has 1 aromatic rings. The number of nitrogens with one attached hydrogen (secondary N) is 2. The third-order valence-electron chi connectivity index (χ3n) is 2.27. The highest BCUT2D eigenvalue weighted by Crippen LogP contribution is 2.32. The second-order valence-corrected chi connectivity index (χ2v) is 7.10. The number of aliphatic hydroxyl groups excluding tert-OH is 1. The van der Waals surface area contributed by atoms with Crippen LogP contribution in [0.15, 0.2) is 17.0 Å². The van der Waals surface area contributed by atoms with Crippen LogP contribution in [0, 0.1) is 0 Å². The first-order chi connectivity index (χ1) is 9.24. The van der Waals surface area contributed by atoms with Crippen molar-refractivity contribution < 1.29 is 13.5 Å². The molecule has 1 rings (SSSR count). The van der Waals surface area contributed by atoms with E-state index in [0.29, 0.717) is 13.1 Å². The summed E-state index contributed by atoms with van der Waals surface area (Å²) in [6.45, 7) is 2.52. The molecule has 0 aliphatic rings. The molecule has 0 aromatic heterocycles. The summed E-state index contributed by atoms with van der Waals surface area (Å²) in [6, 6.07) is 2.63. The Balaban J connectivity index is 2.70. The molecule has 0 aliphatic heterocycles. The Morgan fingerprint density at radius 2 is 1.75 bits per heavy atom. The summed E-state index contributed by atoms with van der Waals surface area (Å²) in [5, 5.41) is 12.1. The van der Waals surface area contributed by atoms with Gasteiger partial charge >= 0.3 is 0 Å². The Hall–Kier alpha value is -0.0800. The topological polar surface area (TPSA) is 78.4 Å². The Labute approximate surface area is 133 Å². The molecule has 0 heterocycles. The van der Waals surface area contributed by atoms with Gasteiger partial charge in [-0.2, -0.15) is 0 Å². The van der Waals surface area contributed by atoms with Gasteiger partial charge in [-0.05, 0) is 19.1 Å². The van der Waals surface area contributed by atoms with Gasteiger partial charge in [-0.3, -0.25) is 0 Å². The Morgan fingerprint density at radius 3 is 2.25 bits per heavy atom. The fraction of sp³-hybridized carbons (Fsp3) is 0.455. The van der Waals surface area contributed by atoms with Gasteiger partial charge in [0, 0.05) is 24.7 Å². The van der Waals surface area contributed by atoms with Gasteiger partial charge in [0.05, 0.1) is 16.1 Å². The van der Waals surface area contributed by atoms with E-state index in [1.54, 1.807) is 6.92 Å². The van der Waals surface area contributed by atoms with E-state index in [-0.39, 0.29) is 26.5 Å². The first-order valence-corrected chi connectivity index (χ1v) is 8.38. The summed E-state index contributed by atoms with van der Waals surface area (Å²) in [6.07, 6.45) is -0.494. The molecular weight excluding hydrogens is 347 g/mol. The van der Waals surface area contributed by atoms with Gasteiger partial charge < -0.3 is 10.4 Å². The zero-order valence-electron chi connectivity index (χ0n) is 10.7. The van der Waals surface area contributed by atoms with Crippen LogP contribution >= 0.6 is 34.8 Å². The number of benzene rings is 1. The molecule has 0 saturated carbocycles. The molecule has 0 aliphatic carbocycles. The van der Waals surface area contributed by atoms with E-state index in [2.05, 4.69) is 10.0 Å². The number of rotatable bonds is 7. The minimum Gasteiger partial charge on any atom is -0.392 e. The van der Waals surface area contributed by atoms with E-state index >= 15 is 0 Å². The van der Waals surface area contributed by atoms with Crippen molar-refractivity contribution in [3.05, 3.63) is 27.2 Å². The summed E-state index contributed by atoms with van der Waals surface area (Å²) in [5.41, 5.74) is 0. The Kier molecular flexibility index (Phi) is 7.00. The van der Waals surface area contributed by atoms with Gasteiger partial charge in [-0.15, -0.1) is 0 Å². The molecule has 0 spiro atoms. The van der Waals surface area contributed by atoms with E-state index in [4.69, 9.17) is 39.9 Å². The van der Waals surface area contributed by atoms with E-state index in [1.165, 1.54) is 12.1 Å². The van der Waals surface area contributed by atoms with Crippen molar-refractivity contribution in [3.63, 3.8) is 0 Å². The summed E-state index contributed by atoms with van der Waals surface area (Å²) in [7, 11) is -3.81. The SMILES string of the molecule is CC(O)CNCCNS(=O)(=O)c1c(Cl)cc(Cl)cc1Cl. The number of hydrogen-bond donors (Lipinski definition) is 3. The maximum atomic E-state index is 12.1. The molecule has 1 unspecified atom stereocenters. The van der Waals surface area contributed by atoms with E-state index in [9.17, 15) is 8.42 Å². The quantitative estimate of drug-likeness (QED) is 0.648. The highest BCUT2D eigenvalue weighted by atomic mass is 35.5. The second kappa shape index (κ2) is 7.79. The minimum atomic E-state index is -3.81. The molecule has 9 heteroatoms. The van der Waals surface area contributed by atoms with Crippen molar-refractivity contribution in [2.75, 3.05) is 19.6 Å². The Bertz CT molecular complexity index is 541. The maximum absolute atomic E-state index is 12.1. The zero-order chi connectivity index (χ0) is 15.3. The van der Waals surface area contributed by atoms with Crippen molar-refractivity contribution in [3.8, 4) is 0 Å². The van der Waals surface area contributed by atoms with Gasteiger partial charge in [-0.25, -0.2) is 13.1 Å². The van der Waals surface area contributed by atoms with Gasteiger partial charge in [0.2, 0.25) is 10.0 Å². The van der Waals surface area contributed by atoms with Gasteiger partial charge in [-0.1, -0.05) is 34.8 Å². The average Bonchev–Trinajstić information content (AvgIpc) is 2.25. The number of sulfonamides is 1. The molecule has 0 fully saturated rings. The fourth-order valence-corrected chi connectivity index (χ4v) is 4.02. The molecule has 0 amide bonds. The largest absolute Gasteiger partial charge is 0.392 e. The summed E-state index contributed by atoms with van der Waals surface area (Å²) in [4.78, 5) is -0.194. The van der Waals surface area contributed by atoms with Crippen molar-refractivity contribution in [1.29, 1.82) is 0 Å². The third kappa shape index (κ3) is 5.37. The predicted molar refractivity (Wildman–Crippen MR) is 81.2 cm³/mol. The van der Waals surface area contributed by atoms with Crippen molar-refractivity contribution in [2.45, 2.75) is 17.9 Å². The first-order valence-electron chi connectivity index (χ1n) is 5.77. The van der Waals surface area contributed by atoms with Gasteiger partial charge in [0.15, 0.2) is 0 Å². The van der Waals surface area contributed by atoms with Crippen LogP contribution in [0.4, 0.5) is 0 Å². The van der Waals surface area contributed by atoms with E-state index in [1.807, 2.05) is 0 Å². The summed E-state index contributed by atoms with van der Waals surface area (Å²) >= 11 is 17.5. The Morgan fingerprint density at radius 1 is 1.20 bits per heavy atom. The highest BCUT2D eigenvalue weighted by Gasteiger charge is 2.21. The molecule has 20 heavy (non-hydrogen) atoms. The maximum Gasteiger partial charge on any atom is 0.243 e. The van der Waals surface area contributed by atoms with Crippen molar-refractivity contribution in [1.82, 2.24) is 10.0 Å². The van der Waals surface area contributed by atoms with Crippen LogP contribution < -0.4 is 10.0 Å². The van der Waals surface area contributed by atoms with E-state index in [0.717, 1.165) is 0 Å². The molecule has 1 atom stereocenters.